The summed E-state index contributed by atoms with van der Waals surface area (Å²) in [6.45, 7) is 1.80. The van der Waals surface area contributed by atoms with Gasteiger partial charge in [-0.3, -0.25) is 0 Å². The quantitative estimate of drug-likeness (QED) is 0.506. The third-order valence-electron chi connectivity index (χ3n) is 0.972. The van der Waals surface area contributed by atoms with E-state index in [-0.39, 0.29) is 5.92 Å². The molecule has 0 amide bonds. The molecule has 0 spiro atoms. The average molecular weight is 114 g/mol. The van der Waals surface area contributed by atoms with Gasteiger partial charge in [-0.25, -0.2) is 0 Å². The molecule has 0 aliphatic heterocycles. The molecule has 0 bridgehead atoms. The van der Waals surface area contributed by atoms with E-state index >= 15 is 0 Å². The Balaban J connectivity index is 3.09. The van der Waals surface area contributed by atoms with Crippen molar-refractivity contribution in [3.63, 3.8) is 0 Å². The van der Waals surface area contributed by atoms with E-state index in [1.54, 1.807) is 6.92 Å². The fourth-order valence-electron chi connectivity index (χ4n) is 0.399. The Morgan fingerprint density at radius 3 is 2.50 bits per heavy atom. The predicted octanol–water partition coefficient (Wildman–Crippen LogP) is 0.800. The number of carbonyl (C=O) groups excluding carboxylic acids is 2. The summed E-state index contributed by atoms with van der Waals surface area (Å²) >= 11 is 0. The molecule has 0 rings (SSSR count). The summed E-state index contributed by atoms with van der Waals surface area (Å²) in [6.07, 6.45) is 2.89. The summed E-state index contributed by atoms with van der Waals surface area (Å²) < 4.78 is 0. The van der Waals surface area contributed by atoms with Gasteiger partial charge in [-0.2, -0.15) is 0 Å². The van der Waals surface area contributed by atoms with Gasteiger partial charge in [0.05, 0.1) is 0 Å². The maximum absolute atomic E-state index is 9.89. The molecule has 0 heterocycles. The molecule has 2 heteroatoms. The summed E-state index contributed by atoms with van der Waals surface area (Å²) in [7, 11) is 0. The van der Waals surface area contributed by atoms with E-state index in [1.165, 1.54) is 0 Å². The van der Waals surface area contributed by atoms with Gasteiger partial charge in [-0.1, -0.05) is 6.92 Å². The lowest BCUT2D eigenvalue weighted by Gasteiger charge is -1.94. The van der Waals surface area contributed by atoms with E-state index in [2.05, 4.69) is 0 Å². The first-order valence-corrected chi connectivity index (χ1v) is 2.70. The van der Waals surface area contributed by atoms with Crippen LogP contribution in [0.15, 0.2) is 0 Å². The van der Waals surface area contributed by atoms with Crippen LogP contribution in [0.3, 0.4) is 0 Å². The minimum Gasteiger partial charge on any atom is -0.303 e. The zero-order valence-corrected chi connectivity index (χ0v) is 4.96. The first-order chi connectivity index (χ1) is 3.81. The molecule has 0 aromatic carbocycles. The zero-order valence-electron chi connectivity index (χ0n) is 4.96. The van der Waals surface area contributed by atoms with Crippen molar-refractivity contribution in [1.29, 1.82) is 0 Å². The first-order valence-electron chi connectivity index (χ1n) is 2.70. The maximum atomic E-state index is 9.89. The molecule has 1 unspecified atom stereocenters. The highest BCUT2D eigenvalue weighted by Crippen LogP contribution is 1.98. The zero-order chi connectivity index (χ0) is 6.41. The van der Waals surface area contributed by atoms with Crippen LogP contribution < -0.4 is 0 Å². The second-order valence-electron chi connectivity index (χ2n) is 1.86. The number of hydrogen-bond acceptors (Lipinski definition) is 2. The molecule has 46 valence electrons. The van der Waals surface area contributed by atoms with Crippen molar-refractivity contribution in [3.05, 3.63) is 0 Å². The Hall–Kier alpha value is -0.660. The molecule has 0 radical (unpaired) electrons. The van der Waals surface area contributed by atoms with Gasteiger partial charge in [0.2, 0.25) is 0 Å². The summed E-state index contributed by atoms with van der Waals surface area (Å²) in [5, 5.41) is 0. The number of rotatable bonds is 4. The standard InChI is InChI=1S/C6H10O2/c1-6(5-8)3-2-4-7/h4-6H,2-3H2,1H3. The molecular weight excluding hydrogens is 104 g/mol. The normalized spacial score (nSPS) is 12.6. The predicted molar refractivity (Wildman–Crippen MR) is 30.5 cm³/mol. The molecule has 0 fully saturated rings. The SMILES string of the molecule is CC(C=O)CCC=O. The molecular formula is C6H10O2. The van der Waals surface area contributed by atoms with Gasteiger partial charge in [-0.15, -0.1) is 0 Å². The highest BCUT2D eigenvalue weighted by atomic mass is 16.1. The lowest BCUT2D eigenvalue weighted by atomic mass is 10.1. The van der Waals surface area contributed by atoms with Crippen LogP contribution in [0, 0.1) is 5.92 Å². The third-order valence-corrected chi connectivity index (χ3v) is 0.972. The highest BCUT2D eigenvalue weighted by Gasteiger charge is 1.95. The van der Waals surface area contributed by atoms with Crippen molar-refractivity contribution in [2.24, 2.45) is 5.92 Å². The summed E-state index contributed by atoms with van der Waals surface area (Å²) in [5.41, 5.74) is 0. The number of carbonyl (C=O) groups is 2. The van der Waals surface area contributed by atoms with Gasteiger partial charge >= 0.3 is 0 Å². The third kappa shape index (κ3) is 3.53. The van der Waals surface area contributed by atoms with Crippen LogP contribution in [0.25, 0.3) is 0 Å². The van der Waals surface area contributed by atoms with Crippen LogP contribution in [0.5, 0.6) is 0 Å². The van der Waals surface area contributed by atoms with E-state index < -0.39 is 0 Å². The Kier molecular flexibility index (Phi) is 4.13. The lowest BCUT2D eigenvalue weighted by Crippen LogP contribution is -1.94. The van der Waals surface area contributed by atoms with Gasteiger partial charge in [0.1, 0.15) is 12.6 Å². The van der Waals surface area contributed by atoms with Crippen LogP contribution in [0.2, 0.25) is 0 Å². The molecule has 0 saturated heterocycles. The molecule has 1 atom stereocenters. The molecule has 8 heavy (non-hydrogen) atoms. The summed E-state index contributed by atoms with van der Waals surface area (Å²) in [4.78, 5) is 19.6. The Morgan fingerprint density at radius 2 is 2.12 bits per heavy atom. The lowest BCUT2D eigenvalue weighted by molar-refractivity contribution is -0.111. The highest BCUT2D eigenvalue weighted by molar-refractivity contribution is 5.55. The monoisotopic (exact) mass is 114 g/mol. The van der Waals surface area contributed by atoms with Crippen LogP contribution in [0.1, 0.15) is 19.8 Å². The van der Waals surface area contributed by atoms with Gasteiger partial charge in [0.15, 0.2) is 0 Å². The molecule has 2 nitrogen and oxygen atoms in total. The Bertz CT molecular complexity index is 78.6. The van der Waals surface area contributed by atoms with E-state index in [0.717, 1.165) is 12.6 Å². The maximum Gasteiger partial charge on any atom is 0.122 e. The van der Waals surface area contributed by atoms with Crippen molar-refractivity contribution in [3.8, 4) is 0 Å². The summed E-state index contributed by atoms with van der Waals surface area (Å²) in [5.74, 6) is 0.0419. The molecule has 0 N–H and O–H groups in total. The van der Waals surface area contributed by atoms with Crippen molar-refractivity contribution in [2.75, 3.05) is 0 Å². The van der Waals surface area contributed by atoms with Gasteiger partial charge in [0.25, 0.3) is 0 Å². The van der Waals surface area contributed by atoms with E-state index in [1.807, 2.05) is 0 Å². The number of aldehydes is 2. The van der Waals surface area contributed by atoms with Crippen LogP contribution in [-0.2, 0) is 9.59 Å². The van der Waals surface area contributed by atoms with Gasteiger partial charge in [0, 0.05) is 12.3 Å². The summed E-state index contributed by atoms with van der Waals surface area (Å²) in [6, 6.07) is 0. The van der Waals surface area contributed by atoms with E-state index in [9.17, 15) is 9.59 Å². The molecule has 0 aliphatic carbocycles. The van der Waals surface area contributed by atoms with Gasteiger partial charge < -0.3 is 9.59 Å². The minimum atomic E-state index is 0.0419. The van der Waals surface area contributed by atoms with Crippen molar-refractivity contribution < 1.29 is 9.59 Å². The molecule has 0 aromatic heterocycles. The first kappa shape index (κ1) is 7.34. The Morgan fingerprint density at radius 1 is 1.50 bits per heavy atom. The van der Waals surface area contributed by atoms with E-state index in [0.29, 0.717) is 12.8 Å². The average Bonchev–Trinajstić information content (AvgIpc) is 1.83. The molecule has 0 aliphatic rings. The van der Waals surface area contributed by atoms with Crippen molar-refractivity contribution in [1.82, 2.24) is 0 Å². The Labute approximate surface area is 48.9 Å². The largest absolute Gasteiger partial charge is 0.303 e. The van der Waals surface area contributed by atoms with Gasteiger partial charge in [-0.05, 0) is 6.42 Å². The van der Waals surface area contributed by atoms with Crippen LogP contribution >= 0.6 is 0 Å². The second-order valence-corrected chi connectivity index (χ2v) is 1.86. The van der Waals surface area contributed by atoms with Crippen molar-refractivity contribution >= 4 is 12.6 Å². The topological polar surface area (TPSA) is 34.1 Å². The molecule has 0 saturated carbocycles. The second kappa shape index (κ2) is 4.50. The number of hydrogen-bond donors (Lipinski definition) is 0. The minimum absolute atomic E-state index is 0.0419. The van der Waals surface area contributed by atoms with Crippen LogP contribution in [0.4, 0.5) is 0 Å². The fraction of sp³-hybridized carbons (Fsp3) is 0.667. The van der Waals surface area contributed by atoms with Crippen molar-refractivity contribution in [2.45, 2.75) is 19.8 Å². The fourth-order valence-corrected chi connectivity index (χ4v) is 0.399. The smallest absolute Gasteiger partial charge is 0.122 e. The van der Waals surface area contributed by atoms with E-state index in [4.69, 9.17) is 0 Å². The van der Waals surface area contributed by atoms with Crippen LogP contribution in [-0.4, -0.2) is 12.6 Å². The molecule has 0 aromatic rings.